The van der Waals surface area contributed by atoms with Crippen molar-refractivity contribution in [3.05, 3.63) is 255 Å². The summed E-state index contributed by atoms with van der Waals surface area (Å²) in [5.41, 5.74) is 19.2. The number of furan rings is 2. The van der Waals surface area contributed by atoms with Crippen LogP contribution in [0.4, 0.5) is 0 Å². The van der Waals surface area contributed by atoms with Gasteiger partial charge in [-0.25, -0.2) is 9.97 Å². The lowest BCUT2D eigenvalue weighted by Crippen LogP contribution is -1.95. The zero-order valence-electron chi connectivity index (χ0n) is 39.9. The van der Waals surface area contributed by atoms with E-state index in [1.54, 1.807) is 0 Å². The Bertz CT molecular complexity index is 4160. The van der Waals surface area contributed by atoms with E-state index in [-0.39, 0.29) is 0 Å². The summed E-state index contributed by atoms with van der Waals surface area (Å²) in [6, 6.07) is 88.5. The molecule has 10 aromatic carbocycles. The minimum Gasteiger partial charge on any atom is -0.438 e. The van der Waals surface area contributed by atoms with Gasteiger partial charge in [0.2, 0.25) is 11.4 Å². The van der Waals surface area contributed by atoms with Crippen molar-refractivity contribution < 1.29 is 8.83 Å². The largest absolute Gasteiger partial charge is 0.438 e. The highest BCUT2D eigenvalue weighted by Gasteiger charge is 2.21. The minimum atomic E-state index is 0.559. The summed E-state index contributed by atoms with van der Waals surface area (Å²) >= 11 is 0. The van der Waals surface area contributed by atoms with Crippen LogP contribution < -0.4 is 0 Å². The van der Waals surface area contributed by atoms with Crippen LogP contribution in [0.5, 0.6) is 0 Å². The molecule has 0 fully saturated rings. The van der Waals surface area contributed by atoms with Crippen molar-refractivity contribution in [2.24, 2.45) is 0 Å². The number of para-hydroxylation sites is 2. The number of benzene rings is 10. The molecule has 0 saturated carbocycles. The van der Waals surface area contributed by atoms with Gasteiger partial charge in [-0.2, -0.15) is 9.97 Å². The van der Waals surface area contributed by atoms with Crippen LogP contribution in [0.3, 0.4) is 0 Å². The Morgan fingerprint density at radius 2 is 0.486 bits per heavy atom. The van der Waals surface area contributed by atoms with Crippen molar-refractivity contribution >= 4 is 44.1 Å². The van der Waals surface area contributed by atoms with E-state index in [9.17, 15) is 0 Å². The monoisotopic (exact) mass is 946 g/mol. The Morgan fingerprint density at radius 1 is 0.216 bits per heavy atom. The molecule has 0 aliphatic rings. The first kappa shape index (κ1) is 42.8. The summed E-state index contributed by atoms with van der Waals surface area (Å²) in [5.74, 6) is 1.20. The first-order valence-corrected chi connectivity index (χ1v) is 24.8. The smallest absolute Gasteiger partial charge is 0.231 e. The number of hydrogen-bond acceptors (Lipinski definition) is 6. The molecule has 0 aliphatic heterocycles. The second-order valence-corrected chi connectivity index (χ2v) is 18.6. The maximum Gasteiger partial charge on any atom is 0.231 e. The molecule has 0 spiro atoms. The number of aromatic nitrogens is 4. The van der Waals surface area contributed by atoms with Crippen molar-refractivity contribution in [3.63, 3.8) is 0 Å². The molecule has 0 saturated heterocycles. The van der Waals surface area contributed by atoms with Crippen LogP contribution in [0, 0.1) is 0 Å². The molecule has 346 valence electrons. The molecule has 6 nitrogen and oxygen atoms in total. The van der Waals surface area contributed by atoms with Crippen LogP contribution in [0.15, 0.2) is 264 Å². The van der Waals surface area contributed by atoms with E-state index in [1.807, 2.05) is 48.5 Å². The van der Waals surface area contributed by atoms with E-state index in [2.05, 4.69) is 206 Å². The quantitative estimate of drug-likeness (QED) is 0.143. The summed E-state index contributed by atoms with van der Waals surface area (Å²) in [6.07, 6.45) is 0. The van der Waals surface area contributed by atoms with Crippen molar-refractivity contribution in [2.45, 2.75) is 0 Å². The van der Waals surface area contributed by atoms with E-state index in [0.717, 1.165) is 122 Å². The molecule has 14 rings (SSSR count). The molecule has 0 N–H and O–H groups in total. The molecule has 6 heteroatoms. The molecular weight excluding hydrogens is 905 g/mol. The van der Waals surface area contributed by atoms with Gasteiger partial charge in [0.1, 0.15) is 11.2 Å². The fourth-order valence-electron chi connectivity index (χ4n) is 10.3. The summed E-state index contributed by atoms with van der Waals surface area (Å²) in [7, 11) is 0. The lowest BCUT2D eigenvalue weighted by Gasteiger charge is -2.11. The van der Waals surface area contributed by atoms with Gasteiger partial charge in [0.05, 0.1) is 22.2 Å². The molecular formula is C68H42N4O2. The van der Waals surface area contributed by atoms with Crippen LogP contribution >= 0.6 is 0 Å². The van der Waals surface area contributed by atoms with E-state index >= 15 is 0 Å². The van der Waals surface area contributed by atoms with Gasteiger partial charge in [-0.05, 0) is 104 Å². The zero-order chi connectivity index (χ0) is 49.0. The molecule has 0 amide bonds. The van der Waals surface area contributed by atoms with Crippen molar-refractivity contribution in [1.82, 2.24) is 19.9 Å². The predicted molar refractivity (Wildman–Crippen MR) is 301 cm³/mol. The molecule has 74 heavy (non-hydrogen) atoms. The maximum atomic E-state index is 6.44. The molecule has 0 unspecified atom stereocenters. The van der Waals surface area contributed by atoms with Crippen LogP contribution in [0.2, 0.25) is 0 Å². The van der Waals surface area contributed by atoms with Gasteiger partial charge < -0.3 is 8.83 Å². The summed E-state index contributed by atoms with van der Waals surface area (Å²) in [5, 5.41) is 3.78. The Morgan fingerprint density at radius 3 is 0.865 bits per heavy atom. The maximum absolute atomic E-state index is 6.44. The summed E-state index contributed by atoms with van der Waals surface area (Å²) < 4.78 is 12.9. The topological polar surface area (TPSA) is 77.8 Å². The van der Waals surface area contributed by atoms with Gasteiger partial charge in [-0.3, -0.25) is 0 Å². The van der Waals surface area contributed by atoms with Crippen LogP contribution in [0.25, 0.3) is 145 Å². The highest BCUT2D eigenvalue weighted by atomic mass is 16.3. The molecule has 0 radical (unpaired) electrons. The van der Waals surface area contributed by atoms with E-state index < -0.39 is 0 Å². The third-order valence-electron chi connectivity index (χ3n) is 13.9. The second kappa shape index (κ2) is 18.0. The Balaban J connectivity index is 0.803. The van der Waals surface area contributed by atoms with Gasteiger partial charge >= 0.3 is 0 Å². The number of hydrogen-bond donors (Lipinski definition) is 0. The molecule has 0 aliphatic carbocycles. The first-order valence-electron chi connectivity index (χ1n) is 24.8. The number of fused-ring (bicyclic) bond motifs is 6. The normalized spacial score (nSPS) is 11.5. The fourth-order valence-corrected chi connectivity index (χ4v) is 10.3. The molecule has 0 bridgehead atoms. The summed E-state index contributed by atoms with van der Waals surface area (Å²) in [6.45, 7) is 0. The average molecular weight is 947 g/mol. The molecule has 14 aromatic rings. The van der Waals surface area contributed by atoms with Crippen LogP contribution in [-0.4, -0.2) is 19.9 Å². The summed E-state index contributed by atoms with van der Waals surface area (Å²) in [4.78, 5) is 20.8. The SMILES string of the molecule is c1ccc(-c2cccc(-c3nc(-c4cccc(-c5cccc(-c6cccc(-c7cccc(-c8nc(-c9cccc(-c%10ccccc%10)c9)c9c(n8)oc8ccccc89)c7)c6)c5)c4)nc4oc5ccccc5c34)c2)cc1. The Hall–Kier alpha value is -10.0. The predicted octanol–water partition coefficient (Wildman–Crippen LogP) is 18.1. The van der Waals surface area contributed by atoms with Gasteiger partial charge in [0.15, 0.2) is 11.6 Å². The van der Waals surface area contributed by atoms with Crippen molar-refractivity contribution in [1.29, 1.82) is 0 Å². The lowest BCUT2D eigenvalue weighted by atomic mass is 9.95. The lowest BCUT2D eigenvalue weighted by molar-refractivity contribution is 0.653. The second-order valence-electron chi connectivity index (χ2n) is 18.6. The average Bonchev–Trinajstić information content (AvgIpc) is 4.07. The molecule has 4 heterocycles. The van der Waals surface area contributed by atoms with E-state index in [4.69, 9.17) is 28.8 Å². The number of rotatable bonds is 9. The molecule has 0 atom stereocenters. The van der Waals surface area contributed by atoms with Crippen molar-refractivity contribution in [2.75, 3.05) is 0 Å². The standard InChI is InChI=1S/C68H42N4O2/c1-3-17-43(18-4-1)45-21-13-29-53(39-45)63-61-57-33-7-9-35-59(57)73-67(61)71-65(69-63)55-31-15-27-51(41-55)49-25-11-23-47(37-49)48-24-12-26-50(38-48)52-28-16-32-56(42-52)66-70-64(62-58-34-8-10-36-60(58)74-68(62)72-66)54-30-14-22-46(40-54)44-19-5-2-6-20-44/h1-42H. The van der Waals surface area contributed by atoms with E-state index in [1.165, 1.54) is 0 Å². The zero-order valence-corrected chi connectivity index (χ0v) is 39.9. The van der Waals surface area contributed by atoms with Gasteiger partial charge in [-0.1, -0.05) is 206 Å². The van der Waals surface area contributed by atoms with Gasteiger partial charge in [0, 0.05) is 33.0 Å². The third kappa shape index (κ3) is 7.79. The minimum absolute atomic E-state index is 0.559. The van der Waals surface area contributed by atoms with Crippen LogP contribution in [-0.2, 0) is 0 Å². The Kier molecular flexibility index (Phi) is 10.4. The van der Waals surface area contributed by atoms with E-state index in [0.29, 0.717) is 23.1 Å². The first-order chi connectivity index (χ1) is 36.6. The Labute approximate surface area is 426 Å². The van der Waals surface area contributed by atoms with Crippen molar-refractivity contribution in [3.8, 4) is 101 Å². The highest BCUT2D eigenvalue weighted by molar-refractivity contribution is 6.12. The fraction of sp³-hybridized carbons (Fsp3) is 0. The third-order valence-corrected chi connectivity index (χ3v) is 13.9. The molecule has 4 aromatic heterocycles. The van der Waals surface area contributed by atoms with Gasteiger partial charge in [0.25, 0.3) is 0 Å². The van der Waals surface area contributed by atoms with Gasteiger partial charge in [-0.15, -0.1) is 0 Å². The number of nitrogens with zero attached hydrogens (tertiary/aromatic N) is 4. The van der Waals surface area contributed by atoms with Crippen LogP contribution in [0.1, 0.15) is 0 Å². The highest BCUT2D eigenvalue weighted by Crippen LogP contribution is 2.41.